The molecule has 1 rings (SSSR count). The van der Waals surface area contributed by atoms with Crippen LogP contribution in [0, 0.1) is 6.92 Å². The minimum atomic E-state index is 0.485. The molecule has 1 aromatic heterocycles. The van der Waals surface area contributed by atoms with Crippen molar-refractivity contribution >= 4 is 0 Å². The summed E-state index contributed by atoms with van der Waals surface area (Å²) in [6, 6.07) is 2.11. The average Bonchev–Trinajstić information content (AvgIpc) is 2.03. The van der Waals surface area contributed by atoms with Crippen molar-refractivity contribution in [1.82, 2.24) is 9.97 Å². The summed E-state index contributed by atoms with van der Waals surface area (Å²) in [7, 11) is 0. The predicted octanol–water partition coefficient (Wildman–Crippen LogP) is 3.03. The first kappa shape index (κ1) is 10.2. The van der Waals surface area contributed by atoms with E-state index in [0.717, 1.165) is 17.2 Å². The average molecular weight is 178 g/mol. The molecule has 2 heteroatoms. The summed E-state index contributed by atoms with van der Waals surface area (Å²) in [6.07, 6.45) is 0. The number of hydrogen-bond donors (Lipinski definition) is 0. The van der Waals surface area contributed by atoms with Gasteiger partial charge >= 0.3 is 0 Å². The molecule has 0 saturated heterocycles. The largest absolute Gasteiger partial charge is 0.238 e. The Morgan fingerprint density at radius 2 is 1.31 bits per heavy atom. The van der Waals surface area contributed by atoms with Gasteiger partial charge in [0.2, 0.25) is 0 Å². The lowest BCUT2D eigenvalue weighted by molar-refractivity contribution is 0.752. The van der Waals surface area contributed by atoms with Crippen LogP contribution in [0.1, 0.15) is 56.7 Å². The third-order valence-corrected chi connectivity index (χ3v) is 2.06. The summed E-state index contributed by atoms with van der Waals surface area (Å²) >= 11 is 0. The van der Waals surface area contributed by atoms with Crippen LogP contribution in [0.4, 0.5) is 0 Å². The number of aryl methyl sites for hydroxylation is 1. The molecule has 0 bridgehead atoms. The molecule has 1 aromatic rings. The van der Waals surface area contributed by atoms with E-state index in [2.05, 4.69) is 43.7 Å². The topological polar surface area (TPSA) is 25.8 Å². The van der Waals surface area contributed by atoms with E-state index < -0.39 is 0 Å². The van der Waals surface area contributed by atoms with E-state index in [1.807, 2.05) is 6.92 Å². The molecule has 0 atom stereocenters. The van der Waals surface area contributed by atoms with Crippen molar-refractivity contribution in [3.8, 4) is 0 Å². The Morgan fingerprint density at radius 3 is 1.62 bits per heavy atom. The van der Waals surface area contributed by atoms with E-state index in [0.29, 0.717) is 11.8 Å². The molecule has 2 nitrogen and oxygen atoms in total. The first-order chi connectivity index (χ1) is 6.00. The van der Waals surface area contributed by atoms with Crippen molar-refractivity contribution in [2.24, 2.45) is 0 Å². The molecule has 0 radical (unpaired) electrons. The number of rotatable bonds is 2. The minimum Gasteiger partial charge on any atom is -0.238 e. The number of aromatic nitrogens is 2. The zero-order valence-corrected chi connectivity index (χ0v) is 9.13. The molecule has 0 aromatic carbocycles. The van der Waals surface area contributed by atoms with Gasteiger partial charge in [-0.05, 0) is 24.8 Å². The van der Waals surface area contributed by atoms with Crippen molar-refractivity contribution in [3.05, 3.63) is 23.3 Å². The quantitative estimate of drug-likeness (QED) is 0.695. The van der Waals surface area contributed by atoms with Crippen molar-refractivity contribution in [2.75, 3.05) is 0 Å². The van der Waals surface area contributed by atoms with Crippen molar-refractivity contribution < 1.29 is 0 Å². The fourth-order valence-corrected chi connectivity index (χ4v) is 1.21. The Morgan fingerprint density at radius 1 is 0.923 bits per heavy atom. The second kappa shape index (κ2) is 3.86. The Balaban J connectivity index is 3.11. The third kappa shape index (κ3) is 2.51. The van der Waals surface area contributed by atoms with Crippen molar-refractivity contribution in [3.63, 3.8) is 0 Å². The van der Waals surface area contributed by atoms with Gasteiger partial charge in [0.15, 0.2) is 0 Å². The van der Waals surface area contributed by atoms with Gasteiger partial charge in [-0.25, -0.2) is 9.97 Å². The molecule has 1 heterocycles. The second-order valence-electron chi connectivity index (χ2n) is 4.07. The Hall–Kier alpha value is -0.920. The van der Waals surface area contributed by atoms with E-state index in [1.54, 1.807) is 0 Å². The SMILES string of the molecule is Cc1nc(C(C)C)cc(C(C)C)n1. The maximum atomic E-state index is 4.40. The normalized spacial score (nSPS) is 11.3. The molecule has 0 saturated carbocycles. The Labute approximate surface area is 80.4 Å². The molecular weight excluding hydrogens is 160 g/mol. The fourth-order valence-electron chi connectivity index (χ4n) is 1.21. The molecule has 0 aliphatic heterocycles. The van der Waals surface area contributed by atoms with E-state index in [-0.39, 0.29) is 0 Å². The monoisotopic (exact) mass is 178 g/mol. The van der Waals surface area contributed by atoms with Crippen LogP contribution < -0.4 is 0 Å². The molecule has 0 fully saturated rings. The van der Waals surface area contributed by atoms with Gasteiger partial charge in [0.05, 0.1) is 0 Å². The lowest BCUT2D eigenvalue weighted by Gasteiger charge is -2.10. The zero-order chi connectivity index (χ0) is 10.0. The van der Waals surface area contributed by atoms with E-state index in [9.17, 15) is 0 Å². The molecule has 72 valence electrons. The van der Waals surface area contributed by atoms with Gasteiger partial charge in [0.25, 0.3) is 0 Å². The van der Waals surface area contributed by atoms with Crippen LogP contribution in [0.25, 0.3) is 0 Å². The molecular formula is C11H18N2. The van der Waals surface area contributed by atoms with Gasteiger partial charge in [0, 0.05) is 11.4 Å². The lowest BCUT2D eigenvalue weighted by Crippen LogP contribution is -2.02. The highest BCUT2D eigenvalue weighted by Crippen LogP contribution is 2.17. The van der Waals surface area contributed by atoms with Gasteiger partial charge < -0.3 is 0 Å². The zero-order valence-electron chi connectivity index (χ0n) is 9.13. The number of nitrogens with zero attached hydrogens (tertiary/aromatic N) is 2. The van der Waals surface area contributed by atoms with Gasteiger partial charge in [-0.3, -0.25) is 0 Å². The van der Waals surface area contributed by atoms with Crippen LogP contribution in [0.5, 0.6) is 0 Å². The smallest absolute Gasteiger partial charge is 0.125 e. The summed E-state index contributed by atoms with van der Waals surface area (Å²) < 4.78 is 0. The number of hydrogen-bond acceptors (Lipinski definition) is 2. The van der Waals surface area contributed by atoms with Crippen molar-refractivity contribution in [1.29, 1.82) is 0 Å². The van der Waals surface area contributed by atoms with Gasteiger partial charge in [-0.15, -0.1) is 0 Å². The molecule has 13 heavy (non-hydrogen) atoms. The highest BCUT2D eigenvalue weighted by atomic mass is 14.9. The summed E-state index contributed by atoms with van der Waals surface area (Å²) in [4.78, 5) is 8.81. The molecule has 0 aliphatic rings. The third-order valence-electron chi connectivity index (χ3n) is 2.06. The van der Waals surface area contributed by atoms with Crippen molar-refractivity contribution in [2.45, 2.75) is 46.5 Å². The van der Waals surface area contributed by atoms with E-state index in [4.69, 9.17) is 0 Å². The maximum Gasteiger partial charge on any atom is 0.125 e. The van der Waals surface area contributed by atoms with Crippen LogP contribution in [0.2, 0.25) is 0 Å². The molecule has 0 amide bonds. The maximum absolute atomic E-state index is 4.40. The van der Waals surface area contributed by atoms with E-state index in [1.165, 1.54) is 0 Å². The fraction of sp³-hybridized carbons (Fsp3) is 0.636. The first-order valence-corrected chi connectivity index (χ1v) is 4.86. The van der Waals surface area contributed by atoms with Crippen LogP contribution >= 0.6 is 0 Å². The highest BCUT2D eigenvalue weighted by Gasteiger charge is 2.07. The Kier molecular flexibility index (Phi) is 3.02. The standard InChI is InChI=1S/C11H18N2/c1-7(2)10-6-11(8(3)4)13-9(5)12-10/h6-8H,1-5H3. The summed E-state index contributed by atoms with van der Waals surface area (Å²) in [5.41, 5.74) is 2.30. The first-order valence-electron chi connectivity index (χ1n) is 4.86. The van der Waals surface area contributed by atoms with Gasteiger partial charge in [-0.1, -0.05) is 27.7 Å². The lowest BCUT2D eigenvalue weighted by atomic mass is 10.1. The molecule has 0 spiro atoms. The minimum absolute atomic E-state index is 0.485. The van der Waals surface area contributed by atoms with Crippen LogP contribution in [-0.2, 0) is 0 Å². The van der Waals surface area contributed by atoms with Crippen LogP contribution in [-0.4, -0.2) is 9.97 Å². The Bertz CT molecular complexity index is 264. The van der Waals surface area contributed by atoms with Gasteiger partial charge in [-0.2, -0.15) is 0 Å². The summed E-state index contributed by atoms with van der Waals surface area (Å²) in [5, 5.41) is 0. The van der Waals surface area contributed by atoms with Crippen LogP contribution in [0.15, 0.2) is 6.07 Å². The summed E-state index contributed by atoms with van der Waals surface area (Å²) in [6.45, 7) is 10.6. The summed E-state index contributed by atoms with van der Waals surface area (Å²) in [5.74, 6) is 1.85. The molecule has 0 aliphatic carbocycles. The van der Waals surface area contributed by atoms with Gasteiger partial charge in [0.1, 0.15) is 5.82 Å². The molecule has 0 unspecified atom stereocenters. The van der Waals surface area contributed by atoms with Crippen LogP contribution in [0.3, 0.4) is 0 Å². The molecule has 0 N–H and O–H groups in total. The second-order valence-corrected chi connectivity index (χ2v) is 4.07. The highest BCUT2D eigenvalue weighted by molar-refractivity contribution is 5.16. The van der Waals surface area contributed by atoms with E-state index >= 15 is 0 Å². The predicted molar refractivity (Wildman–Crippen MR) is 54.9 cm³/mol.